The highest BCUT2D eigenvalue weighted by molar-refractivity contribution is 5.49. The summed E-state index contributed by atoms with van der Waals surface area (Å²) < 4.78 is 0. The van der Waals surface area contributed by atoms with Crippen molar-refractivity contribution in [2.75, 3.05) is 30.4 Å². The minimum Gasteiger partial charge on any atom is -0.378 e. The van der Waals surface area contributed by atoms with Crippen LogP contribution in [0.25, 0.3) is 0 Å². The second-order valence-corrected chi connectivity index (χ2v) is 6.09. The number of hydrogen-bond acceptors (Lipinski definition) is 2. The molecule has 1 fully saturated rings. The van der Waals surface area contributed by atoms with Gasteiger partial charge in [0.2, 0.25) is 0 Å². The summed E-state index contributed by atoms with van der Waals surface area (Å²) in [6.07, 6.45) is 3.74. The van der Waals surface area contributed by atoms with Gasteiger partial charge >= 0.3 is 0 Å². The van der Waals surface area contributed by atoms with Crippen molar-refractivity contribution < 1.29 is 0 Å². The maximum atomic E-state index is 2.57. The molecule has 0 bridgehead atoms. The minimum atomic E-state index is 0.637. The van der Waals surface area contributed by atoms with E-state index in [0.29, 0.717) is 6.04 Å². The molecule has 21 heavy (non-hydrogen) atoms. The van der Waals surface area contributed by atoms with Crippen LogP contribution in [0.15, 0.2) is 54.6 Å². The molecule has 0 aliphatic carbocycles. The summed E-state index contributed by atoms with van der Waals surface area (Å²) in [4.78, 5) is 4.72. The van der Waals surface area contributed by atoms with E-state index in [1.807, 2.05) is 0 Å². The van der Waals surface area contributed by atoms with E-state index in [-0.39, 0.29) is 0 Å². The van der Waals surface area contributed by atoms with Crippen molar-refractivity contribution in [2.24, 2.45) is 0 Å². The molecule has 1 heterocycles. The van der Waals surface area contributed by atoms with Crippen LogP contribution in [-0.4, -0.2) is 26.7 Å². The van der Waals surface area contributed by atoms with Gasteiger partial charge in [-0.2, -0.15) is 0 Å². The van der Waals surface area contributed by atoms with Crippen molar-refractivity contribution in [1.82, 2.24) is 0 Å². The highest BCUT2D eigenvalue weighted by atomic mass is 15.2. The predicted molar refractivity (Wildman–Crippen MR) is 91.3 cm³/mol. The first-order valence-corrected chi connectivity index (χ1v) is 7.82. The molecule has 2 aromatic carbocycles. The van der Waals surface area contributed by atoms with Gasteiger partial charge in [0, 0.05) is 38.1 Å². The van der Waals surface area contributed by atoms with Gasteiger partial charge in [-0.05, 0) is 49.1 Å². The molecule has 0 N–H and O–H groups in total. The fourth-order valence-electron chi connectivity index (χ4n) is 3.21. The summed E-state index contributed by atoms with van der Waals surface area (Å²) in [6.45, 7) is 1.18. The van der Waals surface area contributed by atoms with Gasteiger partial charge in [0.1, 0.15) is 0 Å². The summed E-state index contributed by atoms with van der Waals surface area (Å²) >= 11 is 0. The van der Waals surface area contributed by atoms with Crippen molar-refractivity contribution in [3.05, 3.63) is 60.2 Å². The van der Waals surface area contributed by atoms with Crippen LogP contribution in [-0.2, 0) is 6.42 Å². The Labute approximate surface area is 128 Å². The molecule has 0 spiro atoms. The Morgan fingerprint density at radius 2 is 1.71 bits per heavy atom. The molecule has 1 aliphatic heterocycles. The van der Waals surface area contributed by atoms with Crippen LogP contribution in [0.4, 0.5) is 11.4 Å². The summed E-state index contributed by atoms with van der Waals surface area (Å²) in [6, 6.07) is 20.4. The molecule has 0 radical (unpaired) electrons. The van der Waals surface area contributed by atoms with E-state index in [1.165, 1.54) is 36.3 Å². The topological polar surface area (TPSA) is 6.48 Å². The molecule has 2 aromatic rings. The smallest absolute Gasteiger partial charge is 0.0368 e. The van der Waals surface area contributed by atoms with Gasteiger partial charge in [-0.25, -0.2) is 0 Å². The van der Waals surface area contributed by atoms with E-state index >= 15 is 0 Å². The zero-order chi connectivity index (χ0) is 14.7. The van der Waals surface area contributed by atoms with Gasteiger partial charge in [0.25, 0.3) is 0 Å². The normalized spacial score (nSPS) is 18.0. The first-order chi connectivity index (χ1) is 10.2. The van der Waals surface area contributed by atoms with Crippen LogP contribution in [0.2, 0.25) is 0 Å². The highest BCUT2D eigenvalue weighted by Gasteiger charge is 2.24. The van der Waals surface area contributed by atoms with E-state index in [9.17, 15) is 0 Å². The third kappa shape index (κ3) is 3.21. The number of nitrogens with zero attached hydrogens (tertiary/aromatic N) is 2. The van der Waals surface area contributed by atoms with Crippen molar-refractivity contribution in [2.45, 2.75) is 25.3 Å². The molecule has 3 rings (SSSR count). The van der Waals surface area contributed by atoms with Crippen molar-refractivity contribution in [3.8, 4) is 0 Å². The van der Waals surface area contributed by atoms with Crippen molar-refractivity contribution in [1.29, 1.82) is 0 Å². The Balaban J connectivity index is 1.71. The average molecular weight is 280 g/mol. The van der Waals surface area contributed by atoms with E-state index in [4.69, 9.17) is 0 Å². The molecule has 1 saturated heterocycles. The first kappa shape index (κ1) is 14.0. The van der Waals surface area contributed by atoms with Gasteiger partial charge in [-0.1, -0.05) is 30.3 Å². The van der Waals surface area contributed by atoms with E-state index in [2.05, 4.69) is 78.5 Å². The Morgan fingerprint density at radius 1 is 1.00 bits per heavy atom. The fraction of sp³-hybridized carbons (Fsp3) is 0.368. The second kappa shape index (κ2) is 6.21. The quantitative estimate of drug-likeness (QED) is 0.836. The average Bonchev–Trinajstić information content (AvgIpc) is 2.97. The van der Waals surface area contributed by atoms with Crippen LogP contribution < -0.4 is 9.80 Å². The summed E-state index contributed by atoms with van der Waals surface area (Å²) in [7, 11) is 4.17. The highest BCUT2D eigenvalue weighted by Crippen LogP contribution is 2.27. The first-order valence-electron chi connectivity index (χ1n) is 7.82. The molecule has 0 amide bonds. The lowest BCUT2D eigenvalue weighted by Crippen LogP contribution is -2.30. The molecule has 110 valence electrons. The Kier molecular flexibility index (Phi) is 4.14. The molecule has 0 saturated carbocycles. The van der Waals surface area contributed by atoms with Crippen LogP contribution >= 0.6 is 0 Å². The number of para-hydroxylation sites is 1. The lowest BCUT2D eigenvalue weighted by molar-refractivity contribution is 0.663. The Morgan fingerprint density at radius 3 is 2.38 bits per heavy atom. The molecule has 1 aliphatic rings. The SMILES string of the molecule is CN(C)c1ccc(CC2CCCN2c2ccccc2)cc1. The number of hydrogen-bond donors (Lipinski definition) is 0. The fourth-order valence-corrected chi connectivity index (χ4v) is 3.21. The lowest BCUT2D eigenvalue weighted by Gasteiger charge is -2.27. The molecule has 0 aromatic heterocycles. The second-order valence-electron chi connectivity index (χ2n) is 6.09. The van der Waals surface area contributed by atoms with Crippen LogP contribution in [0.3, 0.4) is 0 Å². The van der Waals surface area contributed by atoms with Gasteiger partial charge in [0.15, 0.2) is 0 Å². The third-order valence-electron chi connectivity index (χ3n) is 4.39. The largest absolute Gasteiger partial charge is 0.378 e. The number of anilines is 2. The zero-order valence-corrected chi connectivity index (χ0v) is 13.0. The monoisotopic (exact) mass is 280 g/mol. The van der Waals surface area contributed by atoms with E-state index < -0.39 is 0 Å². The van der Waals surface area contributed by atoms with Crippen molar-refractivity contribution in [3.63, 3.8) is 0 Å². The maximum Gasteiger partial charge on any atom is 0.0368 e. The van der Waals surface area contributed by atoms with Crippen LogP contribution in [0.5, 0.6) is 0 Å². The Hall–Kier alpha value is -1.96. The molecule has 2 nitrogen and oxygen atoms in total. The lowest BCUT2D eigenvalue weighted by atomic mass is 10.0. The van der Waals surface area contributed by atoms with Gasteiger partial charge in [-0.15, -0.1) is 0 Å². The van der Waals surface area contributed by atoms with Crippen LogP contribution in [0, 0.1) is 0 Å². The zero-order valence-electron chi connectivity index (χ0n) is 13.0. The maximum absolute atomic E-state index is 2.57. The Bertz CT molecular complexity index is 560. The van der Waals surface area contributed by atoms with Gasteiger partial charge in [0.05, 0.1) is 0 Å². The summed E-state index contributed by atoms with van der Waals surface area (Å²) in [5, 5.41) is 0. The molecule has 1 unspecified atom stereocenters. The number of benzene rings is 2. The summed E-state index contributed by atoms with van der Waals surface area (Å²) in [5.41, 5.74) is 4.07. The van der Waals surface area contributed by atoms with Gasteiger partial charge in [-0.3, -0.25) is 0 Å². The molecule has 1 atom stereocenters. The number of rotatable bonds is 4. The minimum absolute atomic E-state index is 0.637. The van der Waals surface area contributed by atoms with E-state index in [0.717, 1.165) is 6.42 Å². The molecular formula is C19H24N2. The molecule has 2 heteroatoms. The van der Waals surface area contributed by atoms with Crippen molar-refractivity contribution >= 4 is 11.4 Å². The van der Waals surface area contributed by atoms with Crippen LogP contribution in [0.1, 0.15) is 18.4 Å². The summed E-state index contributed by atoms with van der Waals surface area (Å²) in [5.74, 6) is 0. The third-order valence-corrected chi connectivity index (χ3v) is 4.39. The standard InChI is InChI=1S/C19H24N2/c1-20(2)17-12-10-16(11-13-17)15-19-9-6-14-21(19)18-7-4-3-5-8-18/h3-5,7-8,10-13,19H,6,9,14-15H2,1-2H3. The van der Waals surface area contributed by atoms with E-state index in [1.54, 1.807) is 0 Å². The van der Waals surface area contributed by atoms with Gasteiger partial charge < -0.3 is 9.80 Å². The predicted octanol–water partition coefficient (Wildman–Crippen LogP) is 3.96. The molecular weight excluding hydrogens is 256 g/mol.